The van der Waals surface area contributed by atoms with Crippen molar-refractivity contribution in [3.63, 3.8) is 0 Å². The second kappa shape index (κ2) is 5.94. The van der Waals surface area contributed by atoms with Gasteiger partial charge in [0.05, 0.1) is 0 Å². The average molecular weight is 268 g/mol. The van der Waals surface area contributed by atoms with E-state index in [4.69, 9.17) is 0 Å². The van der Waals surface area contributed by atoms with E-state index in [-0.39, 0.29) is 0 Å². The molecule has 1 heterocycles. The summed E-state index contributed by atoms with van der Waals surface area (Å²) in [6, 6.07) is 16.4. The molecule has 0 radical (unpaired) electrons. The van der Waals surface area contributed by atoms with Crippen LogP contribution in [0.1, 0.15) is 31.4 Å². The highest BCUT2D eigenvalue weighted by Gasteiger charge is 2.19. The van der Waals surface area contributed by atoms with E-state index < -0.39 is 0 Å². The third-order valence-electron chi connectivity index (χ3n) is 4.38. The lowest BCUT2D eigenvalue weighted by Crippen LogP contribution is -2.44. The summed E-state index contributed by atoms with van der Waals surface area (Å²) < 4.78 is 0. The van der Waals surface area contributed by atoms with Crippen LogP contribution >= 0.6 is 0 Å². The van der Waals surface area contributed by atoms with E-state index in [2.05, 4.69) is 66.7 Å². The molecular formula is C18H24N2. The van der Waals surface area contributed by atoms with E-state index in [1.807, 2.05) is 0 Å². The van der Waals surface area contributed by atoms with Gasteiger partial charge in [0.1, 0.15) is 0 Å². The Morgan fingerprint density at radius 3 is 2.75 bits per heavy atom. The highest BCUT2D eigenvalue weighted by atomic mass is 15.1. The van der Waals surface area contributed by atoms with Crippen LogP contribution in [0.3, 0.4) is 0 Å². The molecule has 106 valence electrons. The van der Waals surface area contributed by atoms with Crippen molar-refractivity contribution in [2.45, 2.75) is 31.8 Å². The van der Waals surface area contributed by atoms with Gasteiger partial charge in [-0.15, -0.1) is 0 Å². The van der Waals surface area contributed by atoms with E-state index in [1.54, 1.807) is 0 Å². The topological polar surface area (TPSA) is 15.3 Å². The Labute approximate surface area is 121 Å². The number of likely N-dealkylation sites (N-methyl/N-ethyl adjacent to an activating group) is 1. The summed E-state index contributed by atoms with van der Waals surface area (Å²) in [5.41, 5.74) is 1.39. The molecule has 2 aromatic rings. The predicted octanol–water partition coefficient (Wildman–Crippen LogP) is 3.58. The Morgan fingerprint density at radius 2 is 1.95 bits per heavy atom. The van der Waals surface area contributed by atoms with Crippen LogP contribution in [0, 0.1) is 0 Å². The summed E-state index contributed by atoms with van der Waals surface area (Å²) >= 11 is 0. The molecule has 0 aliphatic carbocycles. The SMILES string of the molecule is CC(NC1CCCN(C)C1)c1ccc2ccccc2c1. The van der Waals surface area contributed by atoms with Gasteiger partial charge in [-0.1, -0.05) is 36.4 Å². The summed E-state index contributed by atoms with van der Waals surface area (Å²) in [5.74, 6) is 0. The van der Waals surface area contributed by atoms with Crippen LogP contribution in [-0.4, -0.2) is 31.1 Å². The fraction of sp³-hybridized carbons (Fsp3) is 0.444. The monoisotopic (exact) mass is 268 g/mol. The number of likely N-dealkylation sites (tertiary alicyclic amines) is 1. The Bertz CT molecular complexity index is 578. The first-order valence-electron chi connectivity index (χ1n) is 7.65. The minimum Gasteiger partial charge on any atom is -0.306 e. The summed E-state index contributed by atoms with van der Waals surface area (Å²) in [6.07, 6.45) is 2.60. The zero-order chi connectivity index (χ0) is 13.9. The van der Waals surface area contributed by atoms with Crippen molar-refractivity contribution in [3.05, 3.63) is 48.0 Å². The van der Waals surface area contributed by atoms with Gasteiger partial charge in [0, 0.05) is 18.6 Å². The molecule has 0 bridgehead atoms. The number of benzene rings is 2. The number of nitrogens with one attached hydrogen (secondary N) is 1. The van der Waals surface area contributed by atoms with Crippen molar-refractivity contribution in [1.29, 1.82) is 0 Å². The maximum atomic E-state index is 3.79. The van der Waals surface area contributed by atoms with Gasteiger partial charge >= 0.3 is 0 Å². The van der Waals surface area contributed by atoms with E-state index in [9.17, 15) is 0 Å². The van der Waals surface area contributed by atoms with Crippen LogP contribution in [0.5, 0.6) is 0 Å². The van der Waals surface area contributed by atoms with Gasteiger partial charge in [-0.25, -0.2) is 0 Å². The molecule has 1 fully saturated rings. The van der Waals surface area contributed by atoms with Crippen molar-refractivity contribution in [1.82, 2.24) is 10.2 Å². The number of rotatable bonds is 3. The summed E-state index contributed by atoms with van der Waals surface area (Å²) in [6.45, 7) is 4.68. The van der Waals surface area contributed by atoms with Gasteiger partial charge in [0.15, 0.2) is 0 Å². The van der Waals surface area contributed by atoms with E-state index in [1.165, 1.54) is 35.7 Å². The van der Waals surface area contributed by atoms with Gasteiger partial charge in [-0.3, -0.25) is 0 Å². The van der Waals surface area contributed by atoms with Gasteiger partial charge in [0.25, 0.3) is 0 Å². The number of nitrogens with zero attached hydrogens (tertiary/aromatic N) is 1. The minimum absolute atomic E-state index is 0.413. The first-order chi connectivity index (χ1) is 9.72. The molecule has 3 rings (SSSR count). The molecule has 1 saturated heterocycles. The smallest absolute Gasteiger partial charge is 0.0295 e. The molecule has 1 N–H and O–H groups in total. The fourth-order valence-corrected chi connectivity index (χ4v) is 3.23. The lowest BCUT2D eigenvalue weighted by atomic mass is 10.0. The molecule has 0 aromatic heterocycles. The van der Waals surface area contributed by atoms with E-state index in [0.717, 1.165) is 6.54 Å². The Hall–Kier alpha value is -1.38. The summed E-state index contributed by atoms with van der Waals surface area (Å²) in [4.78, 5) is 2.42. The molecule has 0 spiro atoms. The van der Waals surface area contributed by atoms with E-state index in [0.29, 0.717) is 12.1 Å². The Balaban J connectivity index is 1.73. The zero-order valence-electron chi connectivity index (χ0n) is 12.5. The van der Waals surface area contributed by atoms with E-state index >= 15 is 0 Å². The molecule has 2 heteroatoms. The van der Waals surface area contributed by atoms with Crippen molar-refractivity contribution < 1.29 is 0 Å². The maximum absolute atomic E-state index is 3.79. The molecule has 20 heavy (non-hydrogen) atoms. The molecule has 0 saturated carbocycles. The summed E-state index contributed by atoms with van der Waals surface area (Å²) in [5, 5.41) is 6.44. The first-order valence-corrected chi connectivity index (χ1v) is 7.65. The number of hydrogen-bond donors (Lipinski definition) is 1. The molecular weight excluding hydrogens is 244 g/mol. The van der Waals surface area contributed by atoms with Crippen molar-refractivity contribution in [2.75, 3.05) is 20.1 Å². The second-order valence-corrected chi connectivity index (χ2v) is 6.10. The molecule has 0 amide bonds. The van der Waals surface area contributed by atoms with Crippen LogP contribution in [0.25, 0.3) is 10.8 Å². The van der Waals surface area contributed by atoms with Crippen molar-refractivity contribution >= 4 is 10.8 Å². The van der Waals surface area contributed by atoms with Gasteiger partial charge < -0.3 is 10.2 Å². The number of piperidine rings is 1. The quantitative estimate of drug-likeness (QED) is 0.915. The maximum Gasteiger partial charge on any atom is 0.0295 e. The Morgan fingerprint density at radius 1 is 1.15 bits per heavy atom. The highest BCUT2D eigenvalue weighted by molar-refractivity contribution is 5.83. The van der Waals surface area contributed by atoms with Crippen molar-refractivity contribution in [2.24, 2.45) is 0 Å². The van der Waals surface area contributed by atoms with Crippen LogP contribution in [0.4, 0.5) is 0 Å². The largest absolute Gasteiger partial charge is 0.306 e. The highest BCUT2D eigenvalue weighted by Crippen LogP contribution is 2.21. The standard InChI is InChI=1S/C18H24N2/c1-14(19-18-8-5-11-20(2)13-18)16-10-9-15-6-3-4-7-17(15)12-16/h3-4,6-7,9-10,12,14,18-19H,5,8,11,13H2,1-2H3. The predicted molar refractivity (Wildman–Crippen MR) is 86.0 cm³/mol. The van der Waals surface area contributed by atoms with Crippen LogP contribution in [0.15, 0.2) is 42.5 Å². The normalized spacial score (nSPS) is 22.0. The lowest BCUT2D eigenvalue weighted by Gasteiger charge is -2.32. The van der Waals surface area contributed by atoms with Gasteiger partial charge in [-0.2, -0.15) is 0 Å². The number of fused-ring (bicyclic) bond motifs is 1. The van der Waals surface area contributed by atoms with Crippen LogP contribution in [-0.2, 0) is 0 Å². The fourth-order valence-electron chi connectivity index (χ4n) is 3.23. The first kappa shape index (κ1) is 13.6. The molecule has 2 aromatic carbocycles. The third kappa shape index (κ3) is 3.02. The molecule has 2 unspecified atom stereocenters. The zero-order valence-corrected chi connectivity index (χ0v) is 12.5. The molecule has 2 nitrogen and oxygen atoms in total. The minimum atomic E-state index is 0.413. The molecule has 1 aliphatic heterocycles. The van der Waals surface area contributed by atoms with Crippen molar-refractivity contribution in [3.8, 4) is 0 Å². The summed E-state index contributed by atoms with van der Waals surface area (Å²) in [7, 11) is 2.22. The van der Waals surface area contributed by atoms with Gasteiger partial charge in [0.2, 0.25) is 0 Å². The average Bonchev–Trinajstić information content (AvgIpc) is 2.47. The van der Waals surface area contributed by atoms with Crippen LogP contribution in [0.2, 0.25) is 0 Å². The Kier molecular flexibility index (Phi) is 4.04. The second-order valence-electron chi connectivity index (χ2n) is 6.10. The molecule has 1 aliphatic rings. The number of hydrogen-bond acceptors (Lipinski definition) is 2. The molecule has 2 atom stereocenters. The third-order valence-corrected chi connectivity index (χ3v) is 4.38. The lowest BCUT2D eigenvalue weighted by molar-refractivity contribution is 0.218. The van der Waals surface area contributed by atoms with Gasteiger partial charge in [-0.05, 0) is 55.8 Å². The van der Waals surface area contributed by atoms with Crippen LogP contribution < -0.4 is 5.32 Å².